The van der Waals surface area contributed by atoms with Crippen molar-refractivity contribution in [1.82, 2.24) is 10.0 Å². The van der Waals surface area contributed by atoms with Crippen molar-refractivity contribution in [3.63, 3.8) is 0 Å². The predicted octanol–water partition coefficient (Wildman–Crippen LogP) is 2.28. The molecule has 1 saturated heterocycles. The fourth-order valence-corrected chi connectivity index (χ4v) is 3.76. The lowest BCUT2D eigenvalue weighted by Crippen LogP contribution is -2.50. The third-order valence-corrected chi connectivity index (χ3v) is 5.03. The van der Waals surface area contributed by atoms with Crippen molar-refractivity contribution >= 4 is 22.4 Å². The summed E-state index contributed by atoms with van der Waals surface area (Å²) in [5.41, 5.74) is 0. The highest BCUT2D eigenvalue weighted by Gasteiger charge is 2.35. The van der Waals surface area contributed by atoms with Crippen molar-refractivity contribution in [1.29, 1.82) is 0 Å². The van der Waals surface area contributed by atoms with E-state index in [4.69, 9.17) is 0 Å². The second kappa shape index (κ2) is 7.69. The van der Waals surface area contributed by atoms with Crippen LogP contribution in [0, 0.1) is 5.92 Å². The maximum absolute atomic E-state index is 12.4. The second-order valence-corrected chi connectivity index (χ2v) is 6.87. The van der Waals surface area contributed by atoms with Crippen LogP contribution in [0.2, 0.25) is 0 Å². The number of para-hydroxylation sites is 1. The molecule has 0 bridgehead atoms. The SMILES string of the molecule is CC1CCNCC1NS(=O)(=O)c1ccccc1OC(F)(F)F.Cl. The molecule has 0 amide bonds. The number of piperidine rings is 1. The molecule has 2 rings (SSSR count). The van der Waals surface area contributed by atoms with Gasteiger partial charge >= 0.3 is 6.36 Å². The standard InChI is InChI=1S/C13H17F3N2O3S.ClH/c1-9-6-7-17-8-10(9)18-22(19,20)12-5-3-2-4-11(12)21-13(14,15)16;/h2-5,9-10,17-18H,6-8H2,1H3;1H. The van der Waals surface area contributed by atoms with E-state index < -0.39 is 27.0 Å². The Hall–Kier alpha value is -1.03. The maximum Gasteiger partial charge on any atom is 0.573 e. The minimum atomic E-state index is -4.95. The summed E-state index contributed by atoms with van der Waals surface area (Å²) in [6.45, 7) is 3.11. The van der Waals surface area contributed by atoms with E-state index in [1.807, 2.05) is 6.92 Å². The Morgan fingerprint density at radius 3 is 2.57 bits per heavy atom. The van der Waals surface area contributed by atoms with Crippen molar-refractivity contribution in [2.75, 3.05) is 13.1 Å². The number of benzene rings is 1. The first-order valence-corrected chi connectivity index (χ1v) is 8.25. The molecule has 1 aromatic carbocycles. The van der Waals surface area contributed by atoms with Gasteiger partial charge in [0.2, 0.25) is 10.0 Å². The number of sulfonamides is 1. The molecule has 5 nitrogen and oxygen atoms in total. The van der Waals surface area contributed by atoms with Gasteiger partial charge in [0.25, 0.3) is 0 Å². The fraction of sp³-hybridized carbons (Fsp3) is 0.538. The van der Waals surface area contributed by atoms with Crippen LogP contribution in [0.25, 0.3) is 0 Å². The molecular formula is C13H18ClF3N2O3S. The molecular weight excluding hydrogens is 357 g/mol. The van der Waals surface area contributed by atoms with E-state index >= 15 is 0 Å². The number of alkyl halides is 3. The van der Waals surface area contributed by atoms with Gasteiger partial charge < -0.3 is 10.1 Å². The van der Waals surface area contributed by atoms with Crippen molar-refractivity contribution < 1.29 is 26.3 Å². The van der Waals surface area contributed by atoms with Crippen LogP contribution in [0.4, 0.5) is 13.2 Å². The lowest BCUT2D eigenvalue weighted by Gasteiger charge is -2.30. The number of nitrogens with one attached hydrogen (secondary N) is 2. The van der Waals surface area contributed by atoms with Gasteiger partial charge in [0, 0.05) is 12.6 Å². The van der Waals surface area contributed by atoms with Gasteiger partial charge in [0.1, 0.15) is 10.6 Å². The first-order chi connectivity index (χ1) is 10.2. The highest BCUT2D eigenvalue weighted by atomic mass is 35.5. The van der Waals surface area contributed by atoms with E-state index in [0.29, 0.717) is 6.54 Å². The molecule has 23 heavy (non-hydrogen) atoms. The molecule has 1 aliphatic rings. The third kappa shape index (κ3) is 5.52. The second-order valence-electron chi connectivity index (χ2n) is 5.19. The van der Waals surface area contributed by atoms with E-state index in [0.717, 1.165) is 25.1 Å². The molecule has 0 aliphatic carbocycles. The largest absolute Gasteiger partial charge is 0.573 e. The summed E-state index contributed by atoms with van der Waals surface area (Å²) in [5.74, 6) is -0.648. The smallest absolute Gasteiger partial charge is 0.404 e. The first-order valence-electron chi connectivity index (χ1n) is 6.77. The molecule has 0 saturated carbocycles. The van der Waals surface area contributed by atoms with Gasteiger partial charge in [-0.1, -0.05) is 19.1 Å². The van der Waals surface area contributed by atoms with Crippen LogP contribution in [-0.2, 0) is 10.0 Å². The zero-order chi connectivity index (χ0) is 16.4. The average Bonchev–Trinajstić information content (AvgIpc) is 2.40. The normalized spacial score (nSPS) is 22.3. The highest BCUT2D eigenvalue weighted by Crippen LogP contribution is 2.29. The average molecular weight is 375 g/mol. The molecule has 1 fully saturated rings. The maximum atomic E-state index is 12.4. The molecule has 2 unspecified atom stereocenters. The summed E-state index contributed by atoms with van der Waals surface area (Å²) in [4.78, 5) is -0.523. The lowest BCUT2D eigenvalue weighted by molar-refractivity contribution is -0.275. The van der Waals surface area contributed by atoms with Crippen molar-refractivity contribution in [2.24, 2.45) is 5.92 Å². The molecule has 10 heteroatoms. The molecule has 2 atom stereocenters. The van der Waals surface area contributed by atoms with Gasteiger partial charge in [-0.3, -0.25) is 0 Å². The van der Waals surface area contributed by atoms with Gasteiger partial charge in [0.15, 0.2) is 0 Å². The first kappa shape index (κ1) is 20.0. The van der Waals surface area contributed by atoms with Crippen LogP contribution in [0.1, 0.15) is 13.3 Å². The topological polar surface area (TPSA) is 67.4 Å². The summed E-state index contributed by atoms with van der Waals surface area (Å²) < 4.78 is 68.1. The van der Waals surface area contributed by atoms with Crippen LogP contribution >= 0.6 is 12.4 Å². The van der Waals surface area contributed by atoms with Crippen molar-refractivity contribution in [2.45, 2.75) is 30.6 Å². The zero-order valence-electron chi connectivity index (χ0n) is 12.3. The molecule has 0 radical (unpaired) electrons. The zero-order valence-corrected chi connectivity index (χ0v) is 13.9. The van der Waals surface area contributed by atoms with Gasteiger partial charge in [-0.2, -0.15) is 0 Å². The van der Waals surface area contributed by atoms with E-state index in [1.54, 1.807) is 0 Å². The summed E-state index contributed by atoms with van der Waals surface area (Å²) in [5, 5.41) is 3.05. The summed E-state index contributed by atoms with van der Waals surface area (Å²) in [7, 11) is -4.11. The molecule has 1 aliphatic heterocycles. The molecule has 0 aromatic heterocycles. The van der Waals surface area contributed by atoms with E-state index in [9.17, 15) is 21.6 Å². The molecule has 2 N–H and O–H groups in total. The van der Waals surface area contributed by atoms with E-state index in [-0.39, 0.29) is 24.4 Å². The predicted molar refractivity (Wildman–Crippen MR) is 81.1 cm³/mol. The number of rotatable bonds is 4. The Morgan fingerprint density at radius 2 is 1.96 bits per heavy atom. The Balaban J connectivity index is 0.00000264. The van der Waals surface area contributed by atoms with Crippen LogP contribution in [0.5, 0.6) is 5.75 Å². The Labute approximate surface area is 139 Å². The number of halogens is 4. The number of hydrogen-bond donors (Lipinski definition) is 2. The Kier molecular flexibility index (Phi) is 6.70. The Morgan fingerprint density at radius 1 is 1.30 bits per heavy atom. The molecule has 0 spiro atoms. The van der Waals surface area contributed by atoms with E-state index in [2.05, 4.69) is 14.8 Å². The molecule has 1 aromatic rings. The Bertz CT molecular complexity index is 625. The number of ether oxygens (including phenoxy) is 1. The summed E-state index contributed by atoms with van der Waals surface area (Å²) in [6.07, 6.45) is -4.17. The van der Waals surface area contributed by atoms with Gasteiger partial charge in [-0.05, 0) is 31.0 Å². The quantitative estimate of drug-likeness (QED) is 0.848. The number of hydrogen-bond acceptors (Lipinski definition) is 4. The monoisotopic (exact) mass is 374 g/mol. The van der Waals surface area contributed by atoms with Crippen LogP contribution in [0.3, 0.4) is 0 Å². The van der Waals surface area contributed by atoms with Crippen LogP contribution in [0.15, 0.2) is 29.2 Å². The highest BCUT2D eigenvalue weighted by molar-refractivity contribution is 7.89. The van der Waals surface area contributed by atoms with Crippen LogP contribution < -0.4 is 14.8 Å². The van der Waals surface area contributed by atoms with Crippen molar-refractivity contribution in [3.8, 4) is 5.75 Å². The van der Waals surface area contributed by atoms with E-state index in [1.165, 1.54) is 12.1 Å². The lowest BCUT2D eigenvalue weighted by atomic mass is 9.96. The van der Waals surface area contributed by atoms with Gasteiger partial charge in [-0.15, -0.1) is 25.6 Å². The third-order valence-electron chi connectivity index (χ3n) is 3.50. The molecule has 132 valence electrons. The fourth-order valence-electron chi connectivity index (χ4n) is 2.29. The van der Waals surface area contributed by atoms with Gasteiger partial charge in [0.05, 0.1) is 0 Å². The molecule has 1 heterocycles. The van der Waals surface area contributed by atoms with Crippen molar-refractivity contribution in [3.05, 3.63) is 24.3 Å². The minimum absolute atomic E-state index is 0. The summed E-state index contributed by atoms with van der Waals surface area (Å²) in [6, 6.07) is 4.32. The summed E-state index contributed by atoms with van der Waals surface area (Å²) >= 11 is 0. The minimum Gasteiger partial charge on any atom is -0.404 e. The van der Waals surface area contributed by atoms with Crippen LogP contribution in [-0.4, -0.2) is 33.9 Å². The van der Waals surface area contributed by atoms with Gasteiger partial charge in [-0.25, -0.2) is 13.1 Å².